The molecule has 0 aliphatic rings. The van der Waals surface area contributed by atoms with Crippen LogP contribution < -0.4 is 9.84 Å². The lowest BCUT2D eigenvalue weighted by molar-refractivity contribution is -0.305. The van der Waals surface area contributed by atoms with Crippen molar-refractivity contribution in [3.05, 3.63) is 47.7 Å². The number of carboxylic acids is 1. The van der Waals surface area contributed by atoms with Gasteiger partial charge in [-0.15, -0.1) is 0 Å². The molecular formula is C12H8NO5-. The minimum absolute atomic E-state index is 0.0610. The van der Waals surface area contributed by atoms with Crippen molar-refractivity contribution in [3.8, 4) is 5.88 Å². The summed E-state index contributed by atoms with van der Waals surface area (Å²) in [5, 5.41) is 13.7. The number of hydrogen-bond acceptors (Lipinski definition) is 6. The van der Waals surface area contributed by atoms with E-state index in [0.29, 0.717) is 5.56 Å². The highest BCUT2D eigenvalue weighted by Crippen LogP contribution is 2.13. The van der Waals surface area contributed by atoms with Gasteiger partial charge in [0.2, 0.25) is 0 Å². The second kappa shape index (κ2) is 5.13. The molecule has 2 aromatic rings. The van der Waals surface area contributed by atoms with Gasteiger partial charge in [-0.2, -0.15) is 0 Å². The van der Waals surface area contributed by atoms with Crippen molar-refractivity contribution in [1.29, 1.82) is 0 Å². The lowest BCUT2D eigenvalue weighted by Crippen LogP contribution is -2.24. The quantitative estimate of drug-likeness (QED) is 0.715. The summed E-state index contributed by atoms with van der Waals surface area (Å²) in [7, 11) is 0. The van der Waals surface area contributed by atoms with Crippen molar-refractivity contribution in [2.75, 3.05) is 0 Å². The van der Waals surface area contributed by atoms with Gasteiger partial charge in [-0.3, -0.25) is 0 Å². The number of aliphatic carboxylic acids is 1. The van der Waals surface area contributed by atoms with Gasteiger partial charge in [0.1, 0.15) is 5.76 Å². The predicted octanol–water partition coefficient (Wildman–Crippen LogP) is 0.186. The van der Waals surface area contributed by atoms with Crippen LogP contribution in [0.1, 0.15) is 16.1 Å². The third-order valence-corrected chi connectivity index (χ3v) is 2.06. The molecule has 0 saturated heterocycles. The highest BCUT2D eigenvalue weighted by molar-refractivity contribution is 5.90. The molecule has 1 aromatic carbocycles. The van der Waals surface area contributed by atoms with Gasteiger partial charge >= 0.3 is 5.97 Å². The van der Waals surface area contributed by atoms with E-state index in [2.05, 4.69) is 9.68 Å². The van der Waals surface area contributed by atoms with Crippen LogP contribution in [0.25, 0.3) is 0 Å². The van der Waals surface area contributed by atoms with E-state index in [1.165, 1.54) is 6.07 Å². The summed E-state index contributed by atoms with van der Waals surface area (Å²) in [6.07, 6.45) is -0.421. The number of benzene rings is 1. The fraction of sp³-hybridized carbons (Fsp3) is 0.0833. The Morgan fingerprint density at radius 2 is 2.00 bits per heavy atom. The number of rotatable bonds is 4. The van der Waals surface area contributed by atoms with Crippen LogP contribution in [0, 0.1) is 0 Å². The number of carbonyl (C=O) groups excluding carboxylic acids is 2. The smallest absolute Gasteiger partial charge is 0.344 e. The van der Waals surface area contributed by atoms with Gasteiger partial charge in [0.25, 0.3) is 5.88 Å². The minimum atomic E-state index is -1.30. The first-order valence-electron chi connectivity index (χ1n) is 5.08. The van der Waals surface area contributed by atoms with Crippen molar-refractivity contribution in [2.24, 2.45) is 0 Å². The van der Waals surface area contributed by atoms with Crippen molar-refractivity contribution in [1.82, 2.24) is 5.16 Å². The summed E-state index contributed by atoms with van der Waals surface area (Å²) in [5.74, 6) is -1.91. The monoisotopic (exact) mass is 246 g/mol. The van der Waals surface area contributed by atoms with Crippen LogP contribution in [-0.4, -0.2) is 17.1 Å². The zero-order valence-corrected chi connectivity index (χ0v) is 9.16. The molecule has 0 aliphatic carbocycles. The molecule has 6 heteroatoms. The van der Waals surface area contributed by atoms with E-state index in [4.69, 9.17) is 4.74 Å². The largest absolute Gasteiger partial charge is 0.550 e. The number of aromatic nitrogens is 1. The Bertz CT molecular complexity index is 561. The molecule has 0 fully saturated rings. The molecule has 6 nitrogen and oxygen atoms in total. The number of nitrogens with zero attached hydrogens (tertiary/aromatic N) is 1. The Labute approximate surface area is 102 Å². The molecule has 0 saturated carbocycles. The van der Waals surface area contributed by atoms with Crippen molar-refractivity contribution in [3.63, 3.8) is 0 Å². The van der Waals surface area contributed by atoms with Gasteiger partial charge in [-0.1, -0.05) is 18.2 Å². The summed E-state index contributed by atoms with van der Waals surface area (Å²) >= 11 is 0. The summed E-state index contributed by atoms with van der Waals surface area (Å²) in [6.45, 7) is 0. The third kappa shape index (κ3) is 2.94. The van der Waals surface area contributed by atoms with E-state index in [9.17, 15) is 14.7 Å². The first kappa shape index (κ1) is 11.8. The summed E-state index contributed by atoms with van der Waals surface area (Å²) in [5.41, 5.74) is 0.363. The molecule has 0 amide bonds. The Hall–Kier alpha value is -2.63. The molecule has 0 spiro atoms. The van der Waals surface area contributed by atoms with E-state index in [1.807, 2.05) is 0 Å². The number of hydrogen-bond donors (Lipinski definition) is 0. The Kier molecular flexibility index (Phi) is 3.38. The fourth-order valence-corrected chi connectivity index (χ4v) is 1.30. The van der Waals surface area contributed by atoms with Gasteiger partial charge in [0, 0.05) is 18.5 Å². The van der Waals surface area contributed by atoms with E-state index < -0.39 is 18.4 Å². The summed E-state index contributed by atoms with van der Waals surface area (Å²) in [4.78, 5) is 21.9. The lowest BCUT2D eigenvalue weighted by Gasteiger charge is -1.98. The standard InChI is InChI=1S/C12H9NO5/c14-11(15)7-9-6-10(13-18-9)17-12(16)8-4-2-1-3-5-8/h1-6H,7H2,(H,14,15)/p-1. The number of carbonyl (C=O) groups is 2. The van der Waals surface area contributed by atoms with Crippen LogP contribution in [0.3, 0.4) is 0 Å². The average Bonchev–Trinajstić information content (AvgIpc) is 2.76. The maximum Gasteiger partial charge on any atom is 0.344 e. The molecule has 0 bridgehead atoms. The number of esters is 1. The Morgan fingerprint density at radius 3 is 2.67 bits per heavy atom. The van der Waals surface area contributed by atoms with Crippen molar-refractivity contribution >= 4 is 11.9 Å². The van der Waals surface area contributed by atoms with Crippen LogP contribution >= 0.6 is 0 Å². The van der Waals surface area contributed by atoms with Gasteiger partial charge in [0.15, 0.2) is 0 Å². The topological polar surface area (TPSA) is 92.5 Å². The third-order valence-electron chi connectivity index (χ3n) is 2.06. The van der Waals surface area contributed by atoms with E-state index >= 15 is 0 Å². The van der Waals surface area contributed by atoms with E-state index in [-0.39, 0.29) is 11.6 Å². The van der Waals surface area contributed by atoms with Crippen LogP contribution in [-0.2, 0) is 11.2 Å². The minimum Gasteiger partial charge on any atom is -0.550 e. The Morgan fingerprint density at radius 1 is 1.28 bits per heavy atom. The zero-order valence-electron chi connectivity index (χ0n) is 9.16. The van der Waals surface area contributed by atoms with Gasteiger partial charge in [-0.05, 0) is 17.3 Å². The zero-order chi connectivity index (χ0) is 13.0. The van der Waals surface area contributed by atoms with Crippen molar-refractivity contribution < 1.29 is 24.0 Å². The summed E-state index contributed by atoms with van der Waals surface area (Å²) < 4.78 is 9.57. The maximum atomic E-state index is 11.6. The molecule has 0 unspecified atom stereocenters. The van der Waals surface area contributed by atoms with Gasteiger partial charge in [-0.25, -0.2) is 4.79 Å². The molecule has 0 atom stereocenters. The molecule has 0 N–H and O–H groups in total. The number of carboxylic acid groups (broad SMARTS) is 1. The van der Waals surface area contributed by atoms with Crippen LogP contribution in [0.5, 0.6) is 5.88 Å². The van der Waals surface area contributed by atoms with Crippen LogP contribution in [0.2, 0.25) is 0 Å². The SMILES string of the molecule is O=C([O-])Cc1cc(OC(=O)c2ccccc2)no1. The molecule has 18 heavy (non-hydrogen) atoms. The highest BCUT2D eigenvalue weighted by atomic mass is 16.6. The number of ether oxygens (including phenoxy) is 1. The van der Waals surface area contributed by atoms with E-state index in [0.717, 1.165) is 0 Å². The molecular weight excluding hydrogens is 238 g/mol. The van der Waals surface area contributed by atoms with Gasteiger partial charge < -0.3 is 19.2 Å². The average molecular weight is 246 g/mol. The first-order chi connectivity index (χ1) is 8.65. The molecule has 1 heterocycles. The van der Waals surface area contributed by atoms with Crippen LogP contribution in [0.15, 0.2) is 40.9 Å². The molecule has 1 aromatic heterocycles. The fourth-order valence-electron chi connectivity index (χ4n) is 1.30. The van der Waals surface area contributed by atoms with Crippen molar-refractivity contribution in [2.45, 2.75) is 6.42 Å². The molecule has 92 valence electrons. The first-order valence-corrected chi connectivity index (χ1v) is 5.08. The summed E-state index contributed by atoms with van der Waals surface area (Å²) in [6, 6.07) is 9.57. The van der Waals surface area contributed by atoms with Crippen LogP contribution in [0.4, 0.5) is 0 Å². The maximum absolute atomic E-state index is 11.6. The Balaban J connectivity index is 2.04. The van der Waals surface area contributed by atoms with Gasteiger partial charge in [0.05, 0.1) is 5.56 Å². The highest BCUT2D eigenvalue weighted by Gasteiger charge is 2.11. The lowest BCUT2D eigenvalue weighted by atomic mass is 10.2. The predicted molar refractivity (Wildman–Crippen MR) is 56.6 cm³/mol. The molecule has 0 aliphatic heterocycles. The molecule has 2 rings (SSSR count). The van der Waals surface area contributed by atoms with E-state index in [1.54, 1.807) is 30.3 Å². The second-order valence-electron chi connectivity index (χ2n) is 3.44. The second-order valence-corrected chi connectivity index (χ2v) is 3.44. The normalized spacial score (nSPS) is 10.0. The molecule has 0 radical (unpaired) electrons.